The van der Waals surface area contributed by atoms with Crippen molar-refractivity contribution in [3.8, 4) is 0 Å². The molecule has 1 unspecified atom stereocenters. The lowest BCUT2D eigenvalue weighted by Gasteiger charge is -2.34. The van der Waals surface area contributed by atoms with Crippen molar-refractivity contribution < 1.29 is 23.5 Å². The number of carbonyl (C=O) groups excluding carboxylic acids is 2. The highest BCUT2D eigenvalue weighted by Crippen LogP contribution is 2.23. The number of hydrazone groups is 1. The van der Waals surface area contributed by atoms with E-state index in [2.05, 4.69) is 10.5 Å². The Bertz CT molecular complexity index is 937. The van der Waals surface area contributed by atoms with Crippen LogP contribution in [-0.4, -0.2) is 48.4 Å². The van der Waals surface area contributed by atoms with Crippen LogP contribution < -0.4 is 5.43 Å². The summed E-state index contributed by atoms with van der Waals surface area (Å²) in [6.07, 6.45) is 0.923. The molecular formula is C23H26FN3O4. The average molecular weight is 427 g/mol. The normalized spacial score (nSPS) is 16.9. The van der Waals surface area contributed by atoms with Gasteiger partial charge in [0.15, 0.2) is 0 Å². The fourth-order valence-electron chi connectivity index (χ4n) is 2.97. The highest BCUT2D eigenvalue weighted by molar-refractivity contribution is 5.94. The fourth-order valence-corrected chi connectivity index (χ4v) is 2.97. The van der Waals surface area contributed by atoms with Crippen LogP contribution in [-0.2, 0) is 9.47 Å². The number of carbonyl (C=O) groups is 2. The lowest BCUT2D eigenvalue weighted by atomic mass is 10.1. The van der Waals surface area contributed by atoms with E-state index in [1.807, 2.05) is 45.0 Å². The molecule has 1 aliphatic rings. The van der Waals surface area contributed by atoms with E-state index in [1.54, 1.807) is 4.90 Å². The monoisotopic (exact) mass is 427 g/mol. The Balaban J connectivity index is 1.55. The summed E-state index contributed by atoms with van der Waals surface area (Å²) < 4.78 is 24.2. The number of benzene rings is 2. The number of ether oxygens (including phenoxy) is 2. The summed E-state index contributed by atoms with van der Waals surface area (Å²) in [6.45, 7) is 6.85. The average Bonchev–Trinajstić information content (AvgIpc) is 2.73. The molecule has 0 aliphatic carbocycles. The maximum atomic E-state index is 12.9. The summed E-state index contributed by atoms with van der Waals surface area (Å²) in [5, 5.41) is 3.93. The van der Waals surface area contributed by atoms with Gasteiger partial charge in [-0.2, -0.15) is 5.10 Å². The highest BCUT2D eigenvalue weighted by Gasteiger charge is 2.28. The van der Waals surface area contributed by atoms with E-state index in [0.717, 1.165) is 11.1 Å². The van der Waals surface area contributed by atoms with Crippen LogP contribution >= 0.6 is 0 Å². The molecule has 164 valence electrons. The quantitative estimate of drug-likeness (QED) is 0.593. The van der Waals surface area contributed by atoms with E-state index in [4.69, 9.17) is 9.47 Å². The lowest BCUT2D eigenvalue weighted by molar-refractivity contribution is -0.0432. The van der Waals surface area contributed by atoms with Crippen LogP contribution in [0, 0.1) is 5.82 Å². The number of morpholine rings is 1. The maximum Gasteiger partial charge on any atom is 0.410 e. The largest absolute Gasteiger partial charge is 0.444 e. The summed E-state index contributed by atoms with van der Waals surface area (Å²) in [7, 11) is 0. The van der Waals surface area contributed by atoms with Crippen LogP contribution in [0.4, 0.5) is 9.18 Å². The number of nitrogens with one attached hydrogen (secondary N) is 1. The molecule has 1 atom stereocenters. The second-order valence-electron chi connectivity index (χ2n) is 8.16. The van der Waals surface area contributed by atoms with Gasteiger partial charge in [0.1, 0.15) is 17.5 Å². The predicted octanol–water partition coefficient (Wildman–Crippen LogP) is 3.90. The summed E-state index contributed by atoms with van der Waals surface area (Å²) in [5.41, 5.74) is 3.89. The summed E-state index contributed by atoms with van der Waals surface area (Å²) in [6, 6.07) is 12.7. The van der Waals surface area contributed by atoms with Gasteiger partial charge in [-0.25, -0.2) is 14.6 Å². The molecule has 2 amide bonds. The first-order valence-electron chi connectivity index (χ1n) is 10.00. The van der Waals surface area contributed by atoms with Gasteiger partial charge in [-0.1, -0.05) is 24.3 Å². The molecule has 1 saturated heterocycles. The summed E-state index contributed by atoms with van der Waals surface area (Å²) >= 11 is 0. The van der Waals surface area contributed by atoms with Crippen molar-refractivity contribution in [2.75, 3.05) is 19.7 Å². The first kappa shape index (κ1) is 22.4. The Morgan fingerprint density at radius 3 is 2.48 bits per heavy atom. The minimum absolute atomic E-state index is 0.245. The number of rotatable bonds is 4. The van der Waals surface area contributed by atoms with Crippen LogP contribution in [0.1, 0.15) is 48.4 Å². The summed E-state index contributed by atoms with van der Waals surface area (Å²) in [4.78, 5) is 25.9. The van der Waals surface area contributed by atoms with Crippen molar-refractivity contribution in [1.29, 1.82) is 0 Å². The number of hydrogen-bond donors (Lipinski definition) is 1. The molecule has 2 aromatic carbocycles. The fraction of sp³-hybridized carbons (Fsp3) is 0.348. The predicted molar refractivity (Wildman–Crippen MR) is 114 cm³/mol. The molecule has 1 heterocycles. The second kappa shape index (κ2) is 9.70. The molecule has 1 aliphatic heterocycles. The van der Waals surface area contributed by atoms with Crippen molar-refractivity contribution in [1.82, 2.24) is 10.3 Å². The van der Waals surface area contributed by atoms with E-state index in [1.165, 1.54) is 30.5 Å². The topological polar surface area (TPSA) is 80.2 Å². The smallest absolute Gasteiger partial charge is 0.410 e. The van der Waals surface area contributed by atoms with Crippen molar-refractivity contribution in [2.45, 2.75) is 32.5 Å². The zero-order valence-corrected chi connectivity index (χ0v) is 17.8. The highest BCUT2D eigenvalue weighted by atomic mass is 19.1. The minimum atomic E-state index is -0.544. The van der Waals surface area contributed by atoms with Crippen LogP contribution in [0.3, 0.4) is 0 Å². The third kappa shape index (κ3) is 6.62. The molecule has 0 radical (unpaired) electrons. The Morgan fingerprint density at radius 2 is 1.84 bits per heavy atom. The van der Waals surface area contributed by atoms with E-state index in [9.17, 15) is 14.0 Å². The molecule has 31 heavy (non-hydrogen) atoms. The van der Waals surface area contributed by atoms with E-state index >= 15 is 0 Å². The number of hydrogen-bond acceptors (Lipinski definition) is 5. The molecule has 7 nitrogen and oxygen atoms in total. The third-order valence-corrected chi connectivity index (χ3v) is 4.51. The van der Waals surface area contributed by atoms with E-state index in [-0.39, 0.29) is 12.2 Å². The SMILES string of the molecule is CC(C)(C)OC(=O)N1CCOC(c2ccc(/C=N/NC(=O)c3ccc(F)cc3)cc2)C1. The zero-order chi connectivity index (χ0) is 22.4. The Labute approximate surface area is 180 Å². The van der Waals surface area contributed by atoms with Crippen molar-refractivity contribution in [2.24, 2.45) is 5.10 Å². The third-order valence-electron chi connectivity index (χ3n) is 4.51. The molecule has 0 bridgehead atoms. The Morgan fingerprint density at radius 1 is 1.16 bits per heavy atom. The first-order chi connectivity index (χ1) is 14.7. The van der Waals surface area contributed by atoms with Gasteiger partial charge in [0.05, 0.1) is 19.4 Å². The first-order valence-corrected chi connectivity index (χ1v) is 10.00. The van der Waals surface area contributed by atoms with Crippen molar-refractivity contribution in [3.05, 3.63) is 71.0 Å². The van der Waals surface area contributed by atoms with Gasteiger partial charge in [0, 0.05) is 12.1 Å². The van der Waals surface area contributed by atoms with Gasteiger partial charge in [-0.05, 0) is 56.2 Å². The summed E-state index contributed by atoms with van der Waals surface area (Å²) in [5.74, 6) is -0.831. The molecule has 8 heteroatoms. The number of nitrogens with zero attached hydrogens (tertiary/aromatic N) is 2. The zero-order valence-electron chi connectivity index (χ0n) is 17.8. The standard InChI is InChI=1S/C23H26FN3O4/c1-23(2,3)31-22(29)27-12-13-30-20(15-27)17-6-4-16(5-7-17)14-25-26-21(28)18-8-10-19(24)11-9-18/h4-11,14,20H,12-13,15H2,1-3H3,(H,26,28)/b25-14+. The van der Waals surface area contributed by atoms with Gasteiger partial charge in [-0.15, -0.1) is 0 Å². The molecule has 0 aromatic heterocycles. The molecule has 1 N–H and O–H groups in total. The Hall–Kier alpha value is -3.26. The van der Waals surface area contributed by atoms with E-state index < -0.39 is 17.3 Å². The van der Waals surface area contributed by atoms with Gasteiger partial charge < -0.3 is 14.4 Å². The van der Waals surface area contributed by atoms with Crippen molar-refractivity contribution >= 4 is 18.2 Å². The Kier molecular flexibility index (Phi) is 7.02. The molecule has 0 saturated carbocycles. The van der Waals surface area contributed by atoms with Crippen molar-refractivity contribution in [3.63, 3.8) is 0 Å². The van der Waals surface area contributed by atoms with Gasteiger partial charge >= 0.3 is 6.09 Å². The molecule has 2 aromatic rings. The van der Waals surface area contributed by atoms with Crippen LogP contribution in [0.15, 0.2) is 53.6 Å². The lowest BCUT2D eigenvalue weighted by Crippen LogP contribution is -2.44. The molecule has 1 fully saturated rings. The van der Waals surface area contributed by atoms with Gasteiger partial charge in [0.2, 0.25) is 0 Å². The van der Waals surface area contributed by atoms with Gasteiger partial charge in [0.25, 0.3) is 5.91 Å². The second-order valence-corrected chi connectivity index (χ2v) is 8.16. The number of amides is 2. The van der Waals surface area contributed by atoms with Gasteiger partial charge in [-0.3, -0.25) is 4.79 Å². The maximum absolute atomic E-state index is 12.9. The number of halogens is 1. The van der Waals surface area contributed by atoms with E-state index in [0.29, 0.717) is 25.3 Å². The molecule has 3 rings (SSSR count). The van der Waals surface area contributed by atoms with Crippen LogP contribution in [0.25, 0.3) is 0 Å². The minimum Gasteiger partial charge on any atom is -0.444 e. The molecule has 0 spiro atoms. The van der Waals surface area contributed by atoms with Crippen LogP contribution in [0.2, 0.25) is 0 Å². The molecular weight excluding hydrogens is 401 g/mol. The van der Waals surface area contributed by atoms with Crippen LogP contribution in [0.5, 0.6) is 0 Å².